The van der Waals surface area contributed by atoms with Crippen molar-refractivity contribution in [3.63, 3.8) is 0 Å². The van der Waals surface area contributed by atoms with Crippen LogP contribution in [-0.2, 0) is 16.3 Å². The molecule has 0 unspecified atom stereocenters. The maximum atomic E-state index is 12.9. The second-order valence-corrected chi connectivity index (χ2v) is 5.07. The van der Waals surface area contributed by atoms with Crippen molar-refractivity contribution in [1.82, 2.24) is 4.98 Å². The van der Waals surface area contributed by atoms with Crippen LogP contribution in [0.15, 0.2) is 18.3 Å². The Balaban J connectivity index is 2.71. The number of halogens is 1. The number of aryl methyl sites for hydroxylation is 1. The molecule has 0 aromatic carbocycles. The third-order valence-corrected chi connectivity index (χ3v) is 2.49. The fraction of sp³-hybridized carbons (Fsp3) is 0.375. The van der Waals surface area contributed by atoms with Crippen molar-refractivity contribution in [1.29, 1.82) is 0 Å². The molecule has 0 N–H and O–H groups in total. The zero-order valence-electron chi connectivity index (χ0n) is 7.20. The summed E-state index contributed by atoms with van der Waals surface area (Å²) in [6.07, 6.45) is 2.69. The van der Waals surface area contributed by atoms with Gasteiger partial charge >= 0.3 is 0 Å². The Bertz CT molecular complexity index is 389. The lowest BCUT2D eigenvalue weighted by atomic mass is 10.3. The van der Waals surface area contributed by atoms with Crippen molar-refractivity contribution >= 4 is 9.84 Å². The minimum Gasteiger partial charge on any atom is -0.258 e. The molecule has 0 aliphatic heterocycles. The quantitative estimate of drug-likeness (QED) is 0.730. The smallest absolute Gasteiger partial charge is 0.147 e. The highest BCUT2D eigenvalue weighted by Gasteiger charge is 2.07. The number of hydrogen-bond donors (Lipinski definition) is 0. The van der Waals surface area contributed by atoms with Crippen molar-refractivity contribution in [3.05, 3.63) is 29.8 Å². The second-order valence-electron chi connectivity index (χ2n) is 2.81. The van der Waals surface area contributed by atoms with Gasteiger partial charge in [-0.15, -0.1) is 0 Å². The average molecular weight is 203 g/mol. The van der Waals surface area contributed by atoms with E-state index in [0.29, 0.717) is 0 Å². The van der Waals surface area contributed by atoms with Crippen molar-refractivity contribution in [3.8, 4) is 0 Å². The normalized spacial score (nSPS) is 11.5. The summed E-state index contributed by atoms with van der Waals surface area (Å²) in [5.41, 5.74) is 0.202. The van der Waals surface area contributed by atoms with Crippen LogP contribution in [0.4, 0.5) is 4.39 Å². The Labute approximate surface area is 76.5 Å². The molecule has 1 aromatic rings. The highest BCUT2D eigenvalue weighted by molar-refractivity contribution is 7.90. The van der Waals surface area contributed by atoms with Crippen LogP contribution in [0.5, 0.6) is 0 Å². The first kappa shape index (κ1) is 10.1. The Hall–Kier alpha value is -0.970. The molecule has 0 spiro atoms. The van der Waals surface area contributed by atoms with Gasteiger partial charge in [-0.05, 0) is 12.1 Å². The van der Waals surface area contributed by atoms with E-state index in [0.717, 1.165) is 6.26 Å². The molecule has 0 radical (unpaired) electrons. The second kappa shape index (κ2) is 3.83. The highest BCUT2D eigenvalue weighted by atomic mass is 32.2. The lowest BCUT2D eigenvalue weighted by Gasteiger charge is -1.99. The molecule has 13 heavy (non-hydrogen) atoms. The first-order valence-electron chi connectivity index (χ1n) is 3.76. The predicted octanol–water partition coefficient (Wildman–Crippen LogP) is 0.808. The van der Waals surface area contributed by atoms with E-state index >= 15 is 0 Å². The van der Waals surface area contributed by atoms with Gasteiger partial charge < -0.3 is 0 Å². The van der Waals surface area contributed by atoms with E-state index < -0.39 is 15.7 Å². The molecule has 1 aromatic heterocycles. The molecule has 0 amide bonds. The number of rotatable bonds is 3. The van der Waals surface area contributed by atoms with Crippen LogP contribution >= 0.6 is 0 Å². The standard InChI is InChI=1S/C8H10FNO2S/c1-13(11,12)6-4-8-7(9)3-2-5-10-8/h2-3,5H,4,6H2,1H3. The molecule has 1 rings (SSSR count). The summed E-state index contributed by atoms with van der Waals surface area (Å²) in [7, 11) is -3.05. The summed E-state index contributed by atoms with van der Waals surface area (Å²) in [5, 5.41) is 0. The Morgan fingerprint density at radius 1 is 1.54 bits per heavy atom. The molecular formula is C8H10FNO2S. The van der Waals surface area contributed by atoms with Gasteiger partial charge in [0.2, 0.25) is 0 Å². The SMILES string of the molecule is CS(=O)(=O)CCc1ncccc1F. The first-order valence-corrected chi connectivity index (χ1v) is 5.82. The van der Waals surface area contributed by atoms with Gasteiger partial charge in [-0.3, -0.25) is 4.98 Å². The van der Waals surface area contributed by atoms with Gasteiger partial charge in [-0.2, -0.15) is 0 Å². The highest BCUT2D eigenvalue weighted by Crippen LogP contribution is 2.04. The fourth-order valence-electron chi connectivity index (χ4n) is 0.884. The van der Waals surface area contributed by atoms with Crippen molar-refractivity contribution in [2.45, 2.75) is 6.42 Å². The van der Waals surface area contributed by atoms with Crippen molar-refractivity contribution < 1.29 is 12.8 Å². The van der Waals surface area contributed by atoms with Crippen LogP contribution in [-0.4, -0.2) is 25.4 Å². The Morgan fingerprint density at radius 3 is 2.77 bits per heavy atom. The van der Waals surface area contributed by atoms with Gasteiger partial charge in [-0.1, -0.05) is 0 Å². The maximum absolute atomic E-state index is 12.9. The number of pyridine rings is 1. The average Bonchev–Trinajstić information content (AvgIpc) is 2.01. The lowest BCUT2D eigenvalue weighted by Crippen LogP contribution is -2.08. The Kier molecular flexibility index (Phi) is 2.98. The minimum atomic E-state index is -3.05. The number of nitrogens with zero attached hydrogens (tertiary/aromatic N) is 1. The molecule has 0 aliphatic rings. The van der Waals surface area contributed by atoms with E-state index in [1.54, 1.807) is 0 Å². The van der Waals surface area contributed by atoms with E-state index in [9.17, 15) is 12.8 Å². The van der Waals surface area contributed by atoms with Crippen molar-refractivity contribution in [2.24, 2.45) is 0 Å². The molecule has 0 aliphatic carbocycles. The van der Waals surface area contributed by atoms with Gasteiger partial charge in [0, 0.05) is 18.9 Å². The van der Waals surface area contributed by atoms with E-state index in [1.807, 2.05) is 0 Å². The topological polar surface area (TPSA) is 47.0 Å². The van der Waals surface area contributed by atoms with Crippen LogP contribution in [0.1, 0.15) is 5.69 Å². The Morgan fingerprint density at radius 2 is 2.23 bits per heavy atom. The molecule has 72 valence electrons. The zero-order chi connectivity index (χ0) is 9.90. The molecular weight excluding hydrogens is 193 g/mol. The predicted molar refractivity (Wildman–Crippen MR) is 47.6 cm³/mol. The van der Waals surface area contributed by atoms with Crippen LogP contribution in [0.2, 0.25) is 0 Å². The molecule has 0 atom stereocenters. The van der Waals surface area contributed by atoms with Crippen LogP contribution in [0, 0.1) is 5.82 Å². The third-order valence-electron chi connectivity index (χ3n) is 1.54. The van der Waals surface area contributed by atoms with Crippen LogP contribution in [0.3, 0.4) is 0 Å². The maximum Gasteiger partial charge on any atom is 0.147 e. The van der Waals surface area contributed by atoms with Crippen molar-refractivity contribution in [2.75, 3.05) is 12.0 Å². The van der Waals surface area contributed by atoms with E-state index in [1.165, 1.54) is 18.3 Å². The molecule has 0 fully saturated rings. The largest absolute Gasteiger partial charge is 0.258 e. The van der Waals surface area contributed by atoms with Gasteiger partial charge in [0.05, 0.1) is 11.4 Å². The molecule has 0 bridgehead atoms. The van der Waals surface area contributed by atoms with Gasteiger partial charge in [0.25, 0.3) is 0 Å². The molecule has 0 saturated carbocycles. The number of hydrogen-bond acceptors (Lipinski definition) is 3. The van der Waals surface area contributed by atoms with Crippen LogP contribution in [0.25, 0.3) is 0 Å². The fourth-order valence-corrected chi connectivity index (χ4v) is 1.45. The van der Waals surface area contributed by atoms with E-state index in [4.69, 9.17) is 0 Å². The van der Waals surface area contributed by atoms with Gasteiger partial charge in [0.15, 0.2) is 0 Å². The zero-order valence-corrected chi connectivity index (χ0v) is 8.01. The lowest BCUT2D eigenvalue weighted by molar-refractivity contribution is 0.591. The molecule has 5 heteroatoms. The third kappa shape index (κ3) is 3.50. The van der Waals surface area contributed by atoms with E-state index in [-0.39, 0.29) is 17.9 Å². The minimum absolute atomic E-state index is 0.0685. The summed E-state index contributed by atoms with van der Waals surface area (Å²) in [6.45, 7) is 0. The molecule has 0 saturated heterocycles. The summed E-state index contributed by atoms with van der Waals surface area (Å²) < 4.78 is 34.4. The monoisotopic (exact) mass is 203 g/mol. The molecule has 3 nitrogen and oxygen atoms in total. The van der Waals surface area contributed by atoms with E-state index in [2.05, 4.69) is 4.98 Å². The molecule has 1 heterocycles. The van der Waals surface area contributed by atoms with Gasteiger partial charge in [0.1, 0.15) is 15.7 Å². The summed E-state index contributed by atoms with van der Waals surface area (Å²) >= 11 is 0. The summed E-state index contributed by atoms with van der Waals surface area (Å²) in [4.78, 5) is 3.74. The number of sulfone groups is 1. The number of aromatic nitrogens is 1. The van der Waals surface area contributed by atoms with Gasteiger partial charge in [-0.25, -0.2) is 12.8 Å². The first-order chi connectivity index (χ1) is 5.99. The summed E-state index contributed by atoms with van der Waals surface area (Å²) in [5.74, 6) is -0.521. The summed E-state index contributed by atoms with van der Waals surface area (Å²) in [6, 6.07) is 2.74. The van der Waals surface area contributed by atoms with Crippen LogP contribution < -0.4 is 0 Å².